The second-order valence-electron chi connectivity index (χ2n) is 4.31. The summed E-state index contributed by atoms with van der Waals surface area (Å²) in [4.78, 5) is 11.7. The van der Waals surface area contributed by atoms with Crippen LogP contribution < -0.4 is 0 Å². The van der Waals surface area contributed by atoms with Gasteiger partial charge in [0.1, 0.15) is 0 Å². The third-order valence-corrected chi connectivity index (χ3v) is 2.76. The Morgan fingerprint density at radius 3 is 2.56 bits per heavy atom. The maximum Gasteiger partial charge on any atom is 0.312 e. The van der Waals surface area contributed by atoms with Gasteiger partial charge in [0, 0.05) is 13.5 Å². The van der Waals surface area contributed by atoms with E-state index in [1.54, 1.807) is 7.11 Å². The molecule has 0 bridgehead atoms. The molecule has 0 saturated heterocycles. The van der Waals surface area contributed by atoms with Crippen LogP contribution in [0.25, 0.3) is 0 Å². The molecule has 0 spiro atoms. The Balaban J connectivity index is 2.33. The van der Waals surface area contributed by atoms with Crippen LogP contribution in [-0.2, 0) is 20.7 Å². The molecule has 1 aromatic rings. The van der Waals surface area contributed by atoms with E-state index in [4.69, 9.17) is 9.47 Å². The van der Waals surface area contributed by atoms with E-state index in [0.29, 0.717) is 6.42 Å². The molecule has 0 radical (unpaired) electrons. The van der Waals surface area contributed by atoms with Crippen LogP contribution in [0, 0.1) is 0 Å². The Morgan fingerprint density at radius 1 is 1.22 bits per heavy atom. The Kier molecular flexibility index (Phi) is 7.11. The molecule has 0 aliphatic rings. The number of carbonyl (C=O) groups excluding carboxylic acids is 1. The van der Waals surface area contributed by atoms with Gasteiger partial charge >= 0.3 is 5.97 Å². The highest BCUT2D eigenvalue weighted by molar-refractivity contribution is 5.72. The van der Waals surface area contributed by atoms with E-state index in [0.717, 1.165) is 31.2 Å². The minimum Gasteiger partial charge on any atom is -0.436 e. The standard InChI is InChI=1S/C15H22O3/c1-3-4-6-11-15(17-2)18-14(16)12-13-9-7-5-8-10-13/h5,7-10,15H,3-4,6,11-12H2,1-2H3. The summed E-state index contributed by atoms with van der Waals surface area (Å²) in [5.41, 5.74) is 0.964. The predicted octanol–water partition coefficient (Wildman–Crippen LogP) is 3.33. The van der Waals surface area contributed by atoms with Gasteiger partial charge in [-0.15, -0.1) is 0 Å². The number of benzene rings is 1. The first-order valence-electron chi connectivity index (χ1n) is 6.52. The first-order chi connectivity index (χ1) is 8.76. The van der Waals surface area contributed by atoms with Gasteiger partial charge in [-0.1, -0.05) is 50.1 Å². The van der Waals surface area contributed by atoms with Crippen LogP contribution in [0.1, 0.15) is 38.2 Å². The largest absolute Gasteiger partial charge is 0.436 e. The number of methoxy groups -OCH3 is 1. The summed E-state index contributed by atoms with van der Waals surface area (Å²) in [6.07, 6.45) is 3.96. The van der Waals surface area contributed by atoms with E-state index in [9.17, 15) is 4.79 Å². The highest BCUT2D eigenvalue weighted by Crippen LogP contribution is 2.09. The lowest BCUT2D eigenvalue weighted by Crippen LogP contribution is -2.21. The Labute approximate surface area is 109 Å². The van der Waals surface area contributed by atoms with Crippen molar-refractivity contribution in [3.05, 3.63) is 35.9 Å². The zero-order valence-corrected chi connectivity index (χ0v) is 11.2. The van der Waals surface area contributed by atoms with Gasteiger partial charge in [0.05, 0.1) is 6.42 Å². The summed E-state index contributed by atoms with van der Waals surface area (Å²) >= 11 is 0. The van der Waals surface area contributed by atoms with E-state index in [1.165, 1.54) is 0 Å². The highest BCUT2D eigenvalue weighted by Gasteiger charge is 2.13. The number of esters is 1. The van der Waals surface area contributed by atoms with Crippen LogP contribution in [-0.4, -0.2) is 19.4 Å². The van der Waals surface area contributed by atoms with E-state index in [-0.39, 0.29) is 5.97 Å². The molecule has 0 fully saturated rings. The minimum atomic E-state index is -0.409. The molecule has 3 nitrogen and oxygen atoms in total. The summed E-state index contributed by atoms with van der Waals surface area (Å²) in [5, 5.41) is 0. The third kappa shape index (κ3) is 5.82. The summed E-state index contributed by atoms with van der Waals surface area (Å²) in [5.74, 6) is -0.232. The fraction of sp³-hybridized carbons (Fsp3) is 0.533. The van der Waals surface area contributed by atoms with Crippen molar-refractivity contribution in [1.82, 2.24) is 0 Å². The smallest absolute Gasteiger partial charge is 0.312 e. The van der Waals surface area contributed by atoms with Gasteiger partial charge in [-0.25, -0.2) is 0 Å². The topological polar surface area (TPSA) is 35.5 Å². The zero-order valence-electron chi connectivity index (χ0n) is 11.2. The van der Waals surface area contributed by atoms with Crippen molar-refractivity contribution < 1.29 is 14.3 Å². The van der Waals surface area contributed by atoms with Crippen LogP contribution >= 0.6 is 0 Å². The summed E-state index contributed by atoms with van der Waals surface area (Å²) in [6, 6.07) is 9.59. The molecule has 3 heteroatoms. The molecule has 18 heavy (non-hydrogen) atoms. The first-order valence-corrected chi connectivity index (χ1v) is 6.52. The molecular weight excluding hydrogens is 228 g/mol. The van der Waals surface area contributed by atoms with Gasteiger partial charge in [0.2, 0.25) is 6.29 Å². The maximum atomic E-state index is 11.7. The lowest BCUT2D eigenvalue weighted by molar-refractivity contribution is -0.173. The van der Waals surface area contributed by atoms with Crippen molar-refractivity contribution in [1.29, 1.82) is 0 Å². The lowest BCUT2D eigenvalue weighted by atomic mass is 10.1. The Morgan fingerprint density at radius 2 is 1.94 bits per heavy atom. The highest BCUT2D eigenvalue weighted by atomic mass is 16.7. The van der Waals surface area contributed by atoms with Gasteiger partial charge in [0.25, 0.3) is 0 Å². The zero-order chi connectivity index (χ0) is 13.2. The molecule has 1 atom stereocenters. The number of hydrogen-bond donors (Lipinski definition) is 0. The van der Waals surface area contributed by atoms with Crippen LogP contribution in [0.3, 0.4) is 0 Å². The third-order valence-electron chi connectivity index (χ3n) is 2.76. The number of hydrogen-bond acceptors (Lipinski definition) is 3. The molecule has 0 saturated carbocycles. The second kappa shape index (κ2) is 8.70. The molecule has 1 unspecified atom stereocenters. The number of ether oxygens (including phenoxy) is 2. The number of carbonyl (C=O) groups is 1. The van der Waals surface area contributed by atoms with Gasteiger partial charge in [0.15, 0.2) is 0 Å². The second-order valence-corrected chi connectivity index (χ2v) is 4.31. The van der Waals surface area contributed by atoms with Crippen molar-refractivity contribution in [2.45, 2.75) is 45.3 Å². The Hall–Kier alpha value is -1.35. The van der Waals surface area contributed by atoms with Crippen molar-refractivity contribution in [3.63, 3.8) is 0 Å². The van der Waals surface area contributed by atoms with Crippen molar-refractivity contribution in [2.75, 3.05) is 7.11 Å². The van der Waals surface area contributed by atoms with Crippen LogP contribution in [0.2, 0.25) is 0 Å². The molecule has 1 rings (SSSR count). The number of rotatable bonds is 8. The minimum absolute atomic E-state index is 0.232. The molecule has 0 heterocycles. The summed E-state index contributed by atoms with van der Waals surface area (Å²) in [6.45, 7) is 2.14. The summed E-state index contributed by atoms with van der Waals surface area (Å²) < 4.78 is 10.5. The van der Waals surface area contributed by atoms with Gasteiger partial charge in [-0.05, 0) is 12.0 Å². The fourth-order valence-corrected chi connectivity index (χ4v) is 1.74. The molecule has 1 aromatic carbocycles. The van der Waals surface area contributed by atoms with Crippen LogP contribution in [0.4, 0.5) is 0 Å². The van der Waals surface area contributed by atoms with Crippen molar-refractivity contribution in [3.8, 4) is 0 Å². The molecule has 100 valence electrons. The normalized spacial score (nSPS) is 12.1. The number of unbranched alkanes of at least 4 members (excludes halogenated alkanes) is 2. The molecule has 0 amide bonds. The van der Waals surface area contributed by atoms with Crippen molar-refractivity contribution >= 4 is 5.97 Å². The van der Waals surface area contributed by atoms with Gasteiger partial charge in [-0.2, -0.15) is 0 Å². The maximum absolute atomic E-state index is 11.7. The van der Waals surface area contributed by atoms with Gasteiger partial charge < -0.3 is 9.47 Å². The predicted molar refractivity (Wildman–Crippen MR) is 71.2 cm³/mol. The Bertz CT molecular complexity index is 335. The molecule has 0 aliphatic heterocycles. The molecule has 0 aromatic heterocycles. The van der Waals surface area contributed by atoms with E-state index >= 15 is 0 Å². The van der Waals surface area contributed by atoms with Gasteiger partial charge in [-0.3, -0.25) is 4.79 Å². The first kappa shape index (κ1) is 14.7. The fourth-order valence-electron chi connectivity index (χ4n) is 1.74. The van der Waals surface area contributed by atoms with E-state index in [2.05, 4.69) is 6.92 Å². The molecular formula is C15H22O3. The van der Waals surface area contributed by atoms with Crippen LogP contribution in [0.5, 0.6) is 0 Å². The SMILES string of the molecule is CCCCCC(OC)OC(=O)Cc1ccccc1. The average Bonchev–Trinajstić information content (AvgIpc) is 2.39. The summed E-state index contributed by atoms with van der Waals surface area (Å²) in [7, 11) is 1.58. The van der Waals surface area contributed by atoms with E-state index < -0.39 is 6.29 Å². The lowest BCUT2D eigenvalue weighted by Gasteiger charge is -2.16. The van der Waals surface area contributed by atoms with Crippen LogP contribution in [0.15, 0.2) is 30.3 Å². The quantitative estimate of drug-likeness (QED) is 0.403. The molecule has 0 aliphatic carbocycles. The van der Waals surface area contributed by atoms with Crippen molar-refractivity contribution in [2.24, 2.45) is 0 Å². The average molecular weight is 250 g/mol. The monoisotopic (exact) mass is 250 g/mol. The van der Waals surface area contributed by atoms with E-state index in [1.807, 2.05) is 30.3 Å². The molecule has 0 N–H and O–H groups in total.